The van der Waals surface area contributed by atoms with Gasteiger partial charge in [0.2, 0.25) is 0 Å². The molecule has 0 aliphatic carbocycles. The van der Waals surface area contributed by atoms with E-state index in [0.717, 1.165) is 65.9 Å². The highest BCUT2D eigenvalue weighted by Gasteiger charge is 2.17. The lowest BCUT2D eigenvalue weighted by Crippen LogP contribution is -2.11. The Hall–Kier alpha value is -2.12. The predicted molar refractivity (Wildman–Crippen MR) is 139 cm³/mol. The fraction of sp³-hybridized carbons (Fsp3) is 0.571. The average molecular weight is 473 g/mol. The zero-order valence-electron chi connectivity index (χ0n) is 21.0. The second-order valence-corrected chi connectivity index (χ2v) is 8.84. The molecule has 1 unspecified atom stereocenters. The lowest BCUT2D eigenvalue weighted by molar-refractivity contribution is 0.169. The van der Waals surface area contributed by atoms with Crippen LogP contribution in [0, 0.1) is 5.92 Å². The number of rotatable bonds is 17. The van der Waals surface area contributed by atoms with E-state index in [0.29, 0.717) is 45.1 Å². The van der Waals surface area contributed by atoms with Gasteiger partial charge in [0.1, 0.15) is 11.5 Å². The van der Waals surface area contributed by atoms with Gasteiger partial charge >= 0.3 is 0 Å². The first-order valence-corrected chi connectivity index (χ1v) is 12.8. The van der Waals surface area contributed by atoms with Crippen LogP contribution in [0.2, 0.25) is 0 Å². The van der Waals surface area contributed by atoms with Crippen molar-refractivity contribution >= 4 is 0 Å². The molecule has 0 heterocycles. The van der Waals surface area contributed by atoms with Crippen molar-refractivity contribution in [3.8, 4) is 22.6 Å². The molecule has 34 heavy (non-hydrogen) atoms. The van der Waals surface area contributed by atoms with Crippen molar-refractivity contribution in [2.45, 2.75) is 64.9 Å². The minimum absolute atomic E-state index is 0.158. The second-order valence-electron chi connectivity index (χ2n) is 8.84. The van der Waals surface area contributed by atoms with Crippen LogP contribution in [0.5, 0.6) is 11.5 Å². The minimum atomic E-state index is -0.662. The van der Waals surface area contributed by atoms with Gasteiger partial charge in [-0.1, -0.05) is 38.8 Å². The van der Waals surface area contributed by atoms with E-state index in [1.54, 1.807) is 0 Å². The molecule has 0 bridgehead atoms. The topological polar surface area (TPSA) is 111 Å². The molecule has 2 aromatic rings. The Bertz CT molecular complexity index is 839. The molecule has 0 amide bonds. The molecule has 1 atom stereocenters. The second kappa shape index (κ2) is 15.7. The van der Waals surface area contributed by atoms with Crippen LogP contribution in [-0.2, 0) is 6.42 Å². The molecular formula is C28H44N2O4. The standard InChI is InChI=1S/C28H44N2O4/c1-3-21(4-2)20-34-25-18-23(26(32)12-14-30)17-24(19-25)28-22(10-8-13-29)9-7-11-27(28)33-16-6-5-15-31/h7,9,11,17-19,21,26,31-32H,3-6,8,10,12-16,20,29-30H2,1-2H3. The van der Waals surface area contributed by atoms with Crippen molar-refractivity contribution in [2.24, 2.45) is 17.4 Å². The number of nitrogens with two attached hydrogens (primary N) is 2. The molecule has 0 saturated heterocycles. The molecule has 190 valence electrons. The molecule has 0 aliphatic rings. The molecule has 0 saturated carbocycles. The van der Waals surface area contributed by atoms with E-state index in [9.17, 15) is 5.11 Å². The molecule has 2 aromatic carbocycles. The Balaban J connectivity index is 2.51. The van der Waals surface area contributed by atoms with Crippen LogP contribution in [0.4, 0.5) is 0 Å². The van der Waals surface area contributed by atoms with Crippen molar-refractivity contribution in [3.05, 3.63) is 47.5 Å². The van der Waals surface area contributed by atoms with E-state index in [2.05, 4.69) is 19.9 Å². The highest BCUT2D eigenvalue weighted by molar-refractivity contribution is 5.76. The number of aliphatic hydroxyl groups is 2. The van der Waals surface area contributed by atoms with E-state index < -0.39 is 6.10 Å². The largest absolute Gasteiger partial charge is 0.493 e. The molecule has 0 aliphatic heterocycles. The van der Waals surface area contributed by atoms with E-state index in [1.165, 1.54) is 0 Å². The van der Waals surface area contributed by atoms with Crippen LogP contribution in [0.1, 0.15) is 69.6 Å². The number of benzene rings is 2. The third kappa shape index (κ3) is 8.58. The van der Waals surface area contributed by atoms with Crippen molar-refractivity contribution in [2.75, 3.05) is 32.9 Å². The fourth-order valence-corrected chi connectivity index (χ4v) is 4.03. The normalized spacial score (nSPS) is 12.2. The Morgan fingerprint density at radius 3 is 2.41 bits per heavy atom. The predicted octanol–water partition coefficient (Wildman–Crippen LogP) is 4.59. The number of aliphatic hydroxyl groups excluding tert-OH is 2. The molecule has 6 N–H and O–H groups in total. The summed E-state index contributed by atoms with van der Waals surface area (Å²) in [5.74, 6) is 2.03. The smallest absolute Gasteiger partial charge is 0.127 e. The van der Waals surface area contributed by atoms with Crippen molar-refractivity contribution < 1.29 is 19.7 Å². The van der Waals surface area contributed by atoms with Crippen molar-refractivity contribution in [3.63, 3.8) is 0 Å². The zero-order valence-corrected chi connectivity index (χ0v) is 21.0. The van der Waals surface area contributed by atoms with Gasteiger partial charge in [-0.05, 0) is 92.1 Å². The average Bonchev–Trinajstić information content (AvgIpc) is 2.86. The molecule has 6 nitrogen and oxygen atoms in total. The summed E-state index contributed by atoms with van der Waals surface area (Å²) < 4.78 is 12.4. The monoisotopic (exact) mass is 472 g/mol. The van der Waals surface area contributed by atoms with E-state index >= 15 is 0 Å². The van der Waals surface area contributed by atoms with Crippen LogP contribution < -0.4 is 20.9 Å². The molecule has 0 spiro atoms. The van der Waals surface area contributed by atoms with Gasteiger partial charge in [0.15, 0.2) is 0 Å². The van der Waals surface area contributed by atoms with Gasteiger partial charge in [-0.2, -0.15) is 0 Å². The summed E-state index contributed by atoms with van der Waals surface area (Å²) in [6.07, 6.45) is 5.13. The highest BCUT2D eigenvalue weighted by atomic mass is 16.5. The van der Waals surface area contributed by atoms with E-state index in [1.807, 2.05) is 30.3 Å². The summed E-state index contributed by atoms with van der Waals surface area (Å²) in [4.78, 5) is 0. The Labute approximate surface area is 205 Å². The van der Waals surface area contributed by atoms with Gasteiger partial charge in [-0.15, -0.1) is 0 Å². The Morgan fingerprint density at radius 2 is 1.74 bits per heavy atom. The third-order valence-corrected chi connectivity index (χ3v) is 6.26. The van der Waals surface area contributed by atoms with Crippen LogP contribution in [0.15, 0.2) is 36.4 Å². The van der Waals surface area contributed by atoms with Crippen molar-refractivity contribution in [1.29, 1.82) is 0 Å². The summed E-state index contributed by atoms with van der Waals surface area (Å²) in [7, 11) is 0. The van der Waals surface area contributed by atoms with E-state index in [-0.39, 0.29) is 6.61 Å². The number of unbranched alkanes of at least 4 members (excludes halogenated alkanes) is 1. The molecule has 6 heteroatoms. The lowest BCUT2D eigenvalue weighted by atomic mass is 9.92. The van der Waals surface area contributed by atoms with E-state index in [4.69, 9.17) is 26.0 Å². The molecule has 0 radical (unpaired) electrons. The first-order chi connectivity index (χ1) is 16.6. The van der Waals surface area contributed by atoms with Crippen LogP contribution in [-0.4, -0.2) is 43.1 Å². The van der Waals surface area contributed by atoms with Crippen molar-refractivity contribution in [1.82, 2.24) is 0 Å². The minimum Gasteiger partial charge on any atom is -0.493 e. The Kier molecular flexibility index (Phi) is 13.0. The summed E-state index contributed by atoms with van der Waals surface area (Å²) in [5.41, 5.74) is 15.5. The quantitative estimate of drug-likeness (QED) is 0.251. The van der Waals surface area contributed by atoms with Crippen LogP contribution in [0.3, 0.4) is 0 Å². The molecular weight excluding hydrogens is 428 g/mol. The van der Waals surface area contributed by atoms with Gasteiger partial charge in [-0.25, -0.2) is 0 Å². The Morgan fingerprint density at radius 1 is 0.941 bits per heavy atom. The highest BCUT2D eigenvalue weighted by Crippen LogP contribution is 2.38. The van der Waals surface area contributed by atoms with Gasteiger partial charge in [0.05, 0.1) is 19.3 Å². The maximum Gasteiger partial charge on any atom is 0.127 e. The number of aryl methyl sites for hydroxylation is 1. The van der Waals surface area contributed by atoms with Gasteiger partial charge in [0, 0.05) is 12.2 Å². The third-order valence-electron chi connectivity index (χ3n) is 6.26. The SMILES string of the molecule is CCC(CC)COc1cc(-c2c(CCCN)cccc2OCCCCO)cc(C(O)CCN)c1. The van der Waals surface area contributed by atoms with Gasteiger partial charge in [0.25, 0.3) is 0 Å². The summed E-state index contributed by atoms with van der Waals surface area (Å²) in [6.45, 7) is 6.70. The summed E-state index contributed by atoms with van der Waals surface area (Å²) in [5, 5.41) is 19.9. The number of ether oxygens (including phenoxy) is 2. The van der Waals surface area contributed by atoms with Gasteiger partial charge < -0.3 is 31.2 Å². The first kappa shape index (κ1) is 28.1. The van der Waals surface area contributed by atoms with Crippen LogP contribution >= 0.6 is 0 Å². The first-order valence-electron chi connectivity index (χ1n) is 12.8. The number of hydrogen-bond donors (Lipinski definition) is 4. The summed E-state index contributed by atoms with van der Waals surface area (Å²) in [6, 6.07) is 12.1. The summed E-state index contributed by atoms with van der Waals surface area (Å²) >= 11 is 0. The fourth-order valence-electron chi connectivity index (χ4n) is 4.03. The van der Waals surface area contributed by atoms with Crippen LogP contribution in [0.25, 0.3) is 11.1 Å². The van der Waals surface area contributed by atoms with Gasteiger partial charge in [-0.3, -0.25) is 0 Å². The molecule has 0 fully saturated rings. The molecule has 2 rings (SSSR count). The zero-order chi connectivity index (χ0) is 24.8. The maximum atomic E-state index is 10.8. The number of hydrogen-bond acceptors (Lipinski definition) is 6. The molecule has 0 aromatic heterocycles. The lowest BCUT2D eigenvalue weighted by Gasteiger charge is -2.20. The maximum absolute atomic E-state index is 10.8.